The summed E-state index contributed by atoms with van der Waals surface area (Å²) < 4.78 is 23.0. The lowest BCUT2D eigenvalue weighted by Crippen LogP contribution is -2.31. The fraction of sp³-hybridized carbons (Fsp3) is 0.714. The van der Waals surface area contributed by atoms with Gasteiger partial charge in [0.2, 0.25) is 0 Å². The van der Waals surface area contributed by atoms with E-state index in [-0.39, 0.29) is 6.04 Å². The molecule has 4 nitrogen and oxygen atoms in total. The molecule has 20 heavy (non-hydrogen) atoms. The Kier molecular flexibility index (Phi) is 5.60. The van der Waals surface area contributed by atoms with Crippen LogP contribution in [0, 0.1) is 0 Å². The van der Waals surface area contributed by atoms with Gasteiger partial charge in [-0.1, -0.05) is 6.92 Å². The molecule has 0 aromatic carbocycles. The molecule has 0 bridgehead atoms. The van der Waals surface area contributed by atoms with Crippen LogP contribution >= 0.6 is 11.3 Å². The van der Waals surface area contributed by atoms with Gasteiger partial charge in [0.15, 0.2) is 9.84 Å². The Hall–Kier alpha value is -0.430. The fourth-order valence-electron chi connectivity index (χ4n) is 2.49. The minimum Gasteiger partial charge on any atom is -0.312 e. The summed E-state index contributed by atoms with van der Waals surface area (Å²) in [6, 6.07) is 4.51. The Morgan fingerprint density at radius 2 is 2.15 bits per heavy atom. The molecule has 1 aliphatic heterocycles. The molecule has 1 fully saturated rings. The molecule has 0 aliphatic carbocycles. The first-order valence-corrected chi connectivity index (χ1v) is 9.83. The van der Waals surface area contributed by atoms with Gasteiger partial charge in [-0.15, -0.1) is 11.3 Å². The first-order chi connectivity index (χ1) is 9.50. The SMILES string of the molecule is CCCNCc1ccc(CN(C)C2CCS(=O)(=O)C2)s1. The molecule has 1 aromatic heterocycles. The van der Waals surface area contributed by atoms with E-state index in [1.165, 1.54) is 9.75 Å². The van der Waals surface area contributed by atoms with Gasteiger partial charge < -0.3 is 5.32 Å². The molecule has 2 heterocycles. The molecule has 1 saturated heterocycles. The molecule has 114 valence electrons. The van der Waals surface area contributed by atoms with Crippen LogP contribution in [-0.4, -0.2) is 44.5 Å². The predicted octanol–water partition coefficient (Wildman–Crippen LogP) is 1.87. The average molecular weight is 316 g/mol. The summed E-state index contributed by atoms with van der Waals surface area (Å²) in [6.45, 7) is 4.99. The molecule has 1 unspecified atom stereocenters. The zero-order valence-corrected chi connectivity index (χ0v) is 13.9. The minimum atomic E-state index is -2.79. The summed E-state index contributed by atoms with van der Waals surface area (Å²) in [5.74, 6) is 0.665. The third kappa shape index (κ3) is 4.55. The summed E-state index contributed by atoms with van der Waals surface area (Å²) in [7, 11) is -0.763. The standard InChI is InChI=1S/C14H24N2O2S2/c1-3-7-15-9-13-4-5-14(19-13)10-16(2)12-6-8-20(17,18)11-12/h4-5,12,15H,3,6-11H2,1-2H3. The molecule has 0 saturated carbocycles. The van der Waals surface area contributed by atoms with Crippen LogP contribution in [0.5, 0.6) is 0 Å². The third-order valence-corrected chi connectivity index (χ3v) is 6.50. The Bertz CT molecular complexity index is 525. The zero-order chi connectivity index (χ0) is 14.6. The number of nitrogens with zero attached hydrogens (tertiary/aromatic N) is 1. The largest absolute Gasteiger partial charge is 0.312 e. The monoisotopic (exact) mass is 316 g/mol. The van der Waals surface area contributed by atoms with E-state index in [1.54, 1.807) is 0 Å². The molecule has 1 aliphatic rings. The maximum Gasteiger partial charge on any atom is 0.151 e. The van der Waals surface area contributed by atoms with Gasteiger partial charge >= 0.3 is 0 Å². The first-order valence-electron chi connectivity index (χ1n) is 7.19. The molecular formula is C14H24N2O2S2. The van der Waals surface area contributed by atoms with Crippen LogP contribution in [-0.2, 0) is 22.9 Å². The lowest BCUT2D eigenvalue weighted by Gasteiger charge is -2.22. The Balaban J connectivity index is 1.84. The number of thiophene rings is 1. The van der Waals surface area contributed by atoms with E-state index in [0.29, 0.717) is 11.5 Å². The van der Waals surface area contributed by atoms with Crippen LogP contribution in [0.2, 0.25) is 0 Å². The molecule has 6 heteroatoms. The Labute approximate surface area is 126 Å². The molecular weight excluding hydrogens is 292 g/mol. The number of rotatable bonds is 7. The zero-order valence-electron chi connectivity index (χ0n) is 12.3. The Morgan fingerprint density at radius 1 is 1.40 bits per heavy atom. The van der Waals surface area contributed by atoms with E-state index < -0.39 is 9.84 Å². The van der Waals surface area contributed by atoms with Crippen LogP contribution in [0.1, 0.15) is 29.5 Å². The fourth-order valence-corrected chi connectivity index (χ4v) is 5.35. The second-order valence-corrected chi connectivity index (χ2v) is 9.00. The van der Waals surface area contributed by atoms with Crippen LogP contribution in [0.15, 0.2) is 12.1 Å². The van der Waals surface area contributed by atoms with E-state index in [4.69, 9.17) is 0 Å². The van der Waals surface area contributed by atoms with E-state index >= 15 is 0 Å². The predicted molar refractivity (Wildman–Crippen MR) is 84.8 cm³/mol. The second kappa shape index (κ2) is 7.02. The van der Waals surface area contributed by atoms with Crippen molar-refractivity contribution < 1.29 is 8.42 Å². The van der Waals surface area contributed by atoms with Gasteiger partial charge in [0.05, 0.1) is 11.5 Å². The van der Waals surface area contributed by atoms with Crippen molar-refractivity contribution in [3.63, 3.8) is 0 Å². The molecule has 1 aromatic rings. The normalized spacial score (nSPS) is 21.6. The Morgan fingerprint density at radius 3 is 2.80 bits per heavy atom. The summed E-state index contributed by atoms with van der Waals surface area (Å²) >= 11 is 1.82. The number of hydrogen-bond donors (Lipinski definition) is 1. The lowest BCUT2D eigenvalue weighted by molar-refractivity contribution is 0.256. The molecule has 2 rings (SSSR count). The van der Waals surface area contributed by atoms with Crippen molar-refractivity contribution in [1.29, 1.82) is 0 Å². The molecule has 0 spiro atoms. The minimum absolute atomic E-state index is 0.184. The number of sulfone groups is 1. The topological polar surface area (TPSA) is 49.4 Å². The first kappa shape index (κ1) is 15.9. The van der Waals surface area contributed by atoms with Gasteiger partial charge in [-0.05, 0) is 38.6 Å². The van der Waals surface area contributed by atoms with Crippen LogP contribution < -0.4 is 5.32 Å². The van der Waals surface area contributed by atoms with E-state index in [2.05, 4.69) is 29.3 Å². The summed E-state index contributed by atoms with van der Waals surface area (Å²) in [5.41, 5.74) is 0. The van der Waals surface area contributed by atoms with Gasteiger partial charge in [-0.2, -0.15) is 0 Å². The highest BCUT2D eigenvalue weighted by atomic mass is 32.2. The highest BCUT2D eigenvalue weighted by Crippen LogP contribution is 2.22. The summed E-state index contributed by atoms with van der Waals surface area (Å²) in [5, 5.41) is 3.40. The molecule has 0 amide bonds. The van der Waals surface area contributed by atoms with E-state index in [9.17, 15) is 8.42 Å². The van der Waals surface area contributed by atoms with Crippen molar-refractivity contribution in [2.24, 2.45) is 0 Å². The van der Waals surface area contributed by atoms with Crippen molar-refractivity contribution in [2.75, 3.05) is 25.1 Å². The van der Waals surface area contributed by atoms with Crippen LogP contribution in [0.25, 0.3) is 0 Å². The van der Waals surface area contributed by atoms with E-state index in [0.717, 1.165) is 32.5 Å². The van der Waals surface area contributed by atoms with Gasteiger partial charge in [-0.3, -0.25) is 4.90 Å². The number of nitrogens with one attached hydrogen (secondary N) is 1. The highest BCUT2D eigenvalue weighted by molar-refractivity contribution is 7.91. The molecule has 1 atom stereocenters. The summed E-state index contributed by atoms with van der Waals surface area (Å²) in [4.78, 5) is 4.84. The quantitative estimate of drug-likeness (QED) is 0.780. The van der Waals surface area contributed by atoms with Gasteiger partial charge in [0, 0.05) is 28.9 Å². The highest BCUT2D eigenvalue weighted by Gasteiger charge is 2.30. The van der Waals surface area contributed by atoms with Gasteiger partial charge in [-0.25, -0.2) is 8.42 Å². The van der Waals surface area contributed by atoms with E-state index in [1.807, 2.05) is 18.4 Å². The average Bonchev–Trinajstić information content (AvgIpc) is 2.96. The molecule has 1 N–H and O–H groups in total. The third-order valence-electron chi connectivity index (χ3n) is 3.68. The maximum atomic E-state index is 11.5. The van der Waals surface area contributed by atoms with Crippen molar-refractivity contribution in [3.05, 3.63) is 21.9 Å². The van der Waals surface area contributed by atoms with Crippen molar-refractivity contribution in [2.45, 2.75) is 38.9 Å². The number of hydrogen-bond acceptors (Lipinski definition) is 5. The molecule has 0 radical (unpaired) electrons. The van der Waals surface area contributed by atoms with Crippen molar-refractivity contribution in [3.8, 4) is 0 Å². The summed E-state index contributed by atoms with van der Waals surface area (Å²) in [6.07, 6.45) is 1.92. The van der Waals surface area contributed by atoms with Crippen molar-refractivity contribution >= 4 is 21.2 Å². The van der Waals surface area contributed by atoms with Crippen LogP contribution in [0.3, 0.4) is 0 Å². The smallest absolute Gasteiger partial charge is 0.151 e. The van der Waals surface area contributed by atoms with Crippen molar-refractivity contribution in [1.82, 2.24) is 10.2 Å². The lowest BCUT2D eigenvalue weighted by atomic mass is 10.2. The van der Waals surface area contributed by atoms with Gasteiger partial charge in [0.1, 0.15) is 0 Å². The van der Waals surface area contributed by atoms with Gasteiger partial charge in [0.25, 0.3) is 0 Å². The maximum absolute atomic E-state index is 11.5. The van der Waals surface area contributed by atoms with Crippen LogP contribution in [0.4, 0.5) is 0 Å². The second-order valence-electron chi connectivity index (χ2n) is 5.52.